The van der Waals surface area contributed by atoms with Crippen LogP contribution in [-0.2, 0) is 4.79 Å². The zero-order valence-electron chi connectivity index (χ0n) is 20.3. The minimum Gasteiger partial charge on any atom is -0.496 e. The molecule has 3 aromatic rings. The maximum Gasteiger partial charge on any atom is 0.326 e. The smallest absolute Gasteiger partial charge is 0.326 e. The molecule has 0 aromatic heterocycles. The van der Waals surface area contributed by atoms with Gasteiger partial charge in [0.1, 0.15) is 11.8 Å². The molecule has 0 heterocycles. The van der Waals surface area contributed by atoms with Gasteiger partial charge in [-0.15, -0.1) is 0 Å². The Balaban J connectivity index is 1.79. The number of ether oxygens (including phenoxy) is 1. The lowest BCUT2D eigenvalue weighted by Gasteiger charge is -2.14. The molecule has 0 saturated heterocycles. The fourth-order valence-electron chi connectivity index (χ4n) is 3.97. The van der Waals surface area contributed by atoms with Gasteiger partial charge in [0.2, 0.25) is 0 Å². The zero-order valence-corrected chi connectivity index (χ0v) is 21.1. The molecule has 1 amide bonds. The van der Waals surface area contributed by atoms with Gasteiger partial charge in [-0.25, -0.2) is 4.79 Å². The van der Waals surface area contributed by atoms with Gasteiger partial charge in [-0.2, -0.15) is 11.8 Å². The summed E-state index contributed by atoms with van der Waals surface area (Å²) in [6, 6.07) is 14.8. The number of carbonyl (C=O) groups is 2. The van der Waals surface area contributed by atoms with Crippen molar-refractivity contribution in [3.63, 3.8) is 0 Å². The summed E-state index contributed by atoms with van der Waals surface area (Å²) < 4.78 is 5.50. The number of fused-ring (bicyclic) bond motifs is 1. The second-order valence-electron chi connectivity index (χ2n) is 8.38. The van der Waals surface area contributed by atoms with Crippen LogP contribution in [0.25, 0.3) is 22.4 Å². The first-order valence-corrected chi connectivity index (χ1v) is 12.5. The Morgan fingerprint density at radius 1 is 1.06 bits per heavy atom. The van der Waals surface area contributed by atoms with Gasteiger partial charge in [-0.1, -0.05) is 30.3 Å². The fourth-order valence-corrected chi connectivity index (χ4v) is 4.44. The molecule has 0 saturated carbocycles. The number of aliphatic carboxylic acids is 1. The van der Waals surface area contributed by atoms with Crippen molar-refractivity contribution in [2.45, 2.75) is 33.2 Å². The van der Waals surface area contributed by atoms with E-state index in [4.69, 9.17) is 4.74 Å². The van der Waals surface area contributed by atoms with Gasteiger partial charge in [0.15, 0.2) is 0 Å². The lowest BCUT2D eigenvalue weighted by molar-refractivity contribution is -0.139. The number of benzene rings is 3. The number of thioether (sulfide) groups is 1. The average molecular weight is 478 g/mol. The molecule has 178 valence electrons. The van der Waals surface area contributed by atoms with Crippen LogP contribution < -0.4 is 10.1 Å². The van der Waals surface area contributed by atoms with E-state index < -0.39 is 12.0 Å². The van der Waals surface area contributed by atoms with Crippen molar-refractivity contribution in [1.29, 1.82) is 0 Å². The molecule has 0 aliphatic heterocycles. The van der Waals surface area contributed by atoms with E-state index in [2.05, 4.69) is 56.4 Å². The summed E-state index contributed by atoms with van der Waals surface area (Å²) in [4.78, 5) is 23.9. The first-order chi connectivity index (χ1) is 16.2. The van der Waals surface area contributed by atoms with Crippen LogP contribution in [-0.4, -0.2) is 42.1 Å². The molecule has 0 bridgehead atoms. The molecule has 34 heavy (non-hydrogen) atoms. The highest BCUT2D eigenvalue weighted by molar-refractivity contribution is 7.98. The van der Waals surface area contributed by atoms with E-state index >= 15 is 0 Å². The van der Waals surface area contributed by atoms with Crippen molar-refractivity contribution in [2.75, 3.05) is 19.1 Å². The summed E-state index contributed by atoms with van der Waals surface area (Å²) in [6.45, 7) is 6.23. The third kappa shape index (κ3) is 5.81. The SMILES string of the molecule is COc1cc(C)c2cc(C(C)=Cc3ccc(C(=O)NC(CCSC)C(=O)O)cc3)ccc2c1C. The molecule has 0 aliphatic carbocycles. The molecule has 2 N–H and O–H groups in total. The van der Waals surface area contributed by atoms with Gasteiger partial charge >= 0.3 is 5.97 Å². The predicted molar refractivity (Wildman–Crippen MR) is 142 cm³/mol. The van der Waals surface area contributed by atoms with Crippen LogP contribution in [0, 0.1) is 13.8 Å². The zero-order chi connectivity index (χ0) is 24.8. The molecule has 0 fully saturated rings. The topological polar surface area (TPSA) is 75.6 Å². The Morgan fingerprint density at radius 3 is 2.35 bits per heavy atom. The molecule has 0 aliphatic rings. The Labute approximate surface area is 205 Å². The van der Waals surface area contributed by atoms with Crippen molar-refractivity contribution in [2.24, 2.45) is 0 Å². The summed E-state index contributed by atoms with van der Waals surface area (Å²) in [7, 11) is 1.69. The second kappa shape index (κ2) is 11.3. The van der Waals surface area contributed by atoms with Crippen LogP contribution in [0.15, 0.2) is 48.5 Å². The first kappa shape index (κ1) is 25.4. The first-order valence-electron chi connectivity index (χ1n) is 11.1. The highest BCUT2D eigenvalue weighted by Gasteiger charge is 2.20. The Kier molecular flexibility index (Phi) is 8.40. The number of amides is 1. The van der Waals surface area contributed by atoms with Gasteiger partial charge in [-0.05, 0) is 102 Å². The van der Waals surface area contributed by atoms with Gasteiger partial charge in [0, 0.05) is 5.56 Å². The summed E-state index contributed by atoms with van der Waals surface area (Å²) in [5.74, 6) is 0.170. The van der Waals surface area contributed by atoms with Crippen molar-refractivity contribution in [3.05, 3.63) is 76.3 Å². The van der Waals surface area contributed by atoms with E-state index in [9.17, 15) is 14.7 Å². The number of rotatable bonds is 9. The summed E-state index contributed by atoms with van der Waals surface area (Å²) in [6.07, 6.45) is 4.37. The minimum atomic E-state index is -1.02. The van der Waals surface area contributed by atoms with E-state index in [0.717, 1.165) is 28.0 Å². The van der Waals surface area contributed by atoms with Crippen LogP contribution in [0.1, 0.15) is 46.0 Å². The number of methoxy groups -OCH3 is 1. The van der Waals surface area contributed by atoms with Gasteiger partial charge in [0.25, 0.3) is 5.91 Å². The Morgan fingerprint density at radius 2 is 1.74 bits per heavy atom. The van der Waals surface area contributed by atoms with Gasteiger partial charge in [0.05, 0.1) is 7.11 Å². The van der Waals surface area contributed by atoms with E-state index in [1.807, 2.05) is 18.4 Å². The third-order valence-electron chi connectivity index (χ3n) is 6.01. The highest BCUT2D eigenvalue weighted by Crippen LogP contribution is 2.32. The van der Waals surface area contributed by atoms with Crippen LogP contribution in [0.4, 0.5) is 0 Å². The Hall–Kier alpha value is -3.25. The number of carboxylic acid groups (broad SMARTS) is 1. The number of carbonyl (C=O) groups excluding carboxylic acids is 1. The van der Waals surface area contributed by atoms with Gasteiger partial charge in [-0.3, -0.25) is 4.79 Å². The van der Waals surface area contributed by atoms with Crippen molar-refractivity contribution in [3.8, 4) is 5.75 Å². The lowest BCUT2D eigenvalue weighted by Crippen LogP contribution is -2.41. The number of nitrogens with one attached hydrogen (secondary N) is 1. The highest BCUT2D eigenvalue weighted by atomic mass is 32.2. The largest absolute Gasteiger partial charge is 0.496 e. The Bertz CT molecular complexity index is 1230. The summed E-state index contributed by atoms with van der Waals surface area (Å²) in [5.41, 5.74) is 5.93. The summed E-state index contributed by atoms with van der Waals surface area (Å²) in [5, 5.41) is 14.3. The molecule has 1 unspecified atom stereocenters. The normalized spacial score (nSPS) is 12.4. The van der Waals surface area contributed by atoms with Crippen LogP contribution in [0.5, 0.6) is 5.75 Å². The molecule has 5 nitrogen and oxygen atoms in total. The second-order valence-corrected chi connectivity index (χ2v) is 9.36. The van der Waals surface area contributed by atoms with Crippen LogP contribution >= 0.6 is 11.8 Å². The fraction of sp³-hybridized carbons (Fsp3) is 0.286. The number of hydrogen-bond acceptors (Lipinski definition) is 4. The number of hydrogen-bond donors (Lipinski definition) is 2. The maximum absolute atomic E-state index is 12.5. The van der Waals surface area contributed by atoms with Crippen molar-refractivity contribution >= 4 is 46.1 Å². The molecular weight excluding hydrogens is 446 g/mol. The van der Waals surface area contributed by atoms with E-state index in [0.29, 0.717) is 17.7 Å². The monoisotopic (exact) mass is 477 g/mol. The average Bonchev–Trinajstić information content (AvgIpc) is 2.83. The van der Waals surface area contributed by atoms with Crippen molar-refractivity contribution < 1.29 is 19.4 Å². The molecular formula is C28H31NO4S. The molecule has 3 aromatic carbocycles. The summed E-state index contributed by atoms with van der Waals surface area (Å²) >= 11 is 1.55. The number of carboxylic acids is 1. The van der Waals surface area contributed by atoms with E-state index in [-0.39, 0.29) is 5.91 Å². The van der Waals surface area contributed by atoms with Crippen molar-refractivity contribution in [1.82, 2.24) is 5.32 Å². The number of allylic oxidation sites excluding steroid dienone is 1. The standard InChI is InChI=1S/C28H31NO4S/c1-17(22-10-11-23-19(3)26(33-4)15-18(2)24(23)16-22)14-20-6-8-21(9-7-20)27(30)29-25(28(31)32)12-13-34-5/h6-11,14-16,25H,12-13H2,1-5H3,(H,29,30)(H,31,32). The number of aryl methyl sites for hydroxylation is 2. The lowest BCUT2D eigenvalue weighted by atomic mass is 9.95. The minimum absolute atomic E-state index is 0.378. The van der Waals surface area contributed by atoms with E-state index in [1.165, 1.54) is 16.3 Å². The molecule has 1 atom stereocenters. The molecule has 3 rings (SSSR count). The maximum atomic E-state index is 12.5. The molecule has 6 heteroatoms. The van der Waals surface area contributed by atoms with E-state index in [1.54, 1.807) is 31.0 Å². The molecule has 0 spiro atoms. The van der Waals surface area contributed by atoms with Crippen LogP contribution in [0.3, 0.4) is 0 Å². The van der Waals surface area contributed by atoms with Gasteiger partial charge < -0.3 is 15.2 Å². The van der Waals surface area contributed by atoms with Crippen LogP contribution in [0.2, 0.25) is 0 Å². The third-order valence-corrected chi connectivity index (χ3v) is 6.65. The quantitative estimate of drug-likeness (QED) is 0.372. The molecule has 0 radical (unpaired) electrons. The predicted octanol–water partition coefficient (Wildman–Crippen LogP) is 5.96.